The summed E-state index contributed by atoms with van der Waals surface area (Å²) in [5, 5.41) is 1.35. The number of esters is 1. The van der Waals surface area contributed by atoms with E-state index in [-0.39, 0.29) is 5.97 Å². The summed E-state index contributed by atoms with van der Waals surface area (Å²) in [5.41, 5.74) is 0.411. The van der Waals surface area contributed by atoms with Crippen LogP contribution in [-0.4, -0.2) is 14.0 Å². The molecule has 1 aromatic carbocycles. The van der Waals surface area contributed by atoms with Gasteiger partial charge in [-0.3, -0.25) is 0 Å². The van der Waals surface area contributed by atoms with Crippen molar-refractivity contribution in [1.82, 2.24) is 0 Å². The van der Waals surface area contributed by atoms with Crippen molar-refractivity contribution in [2.45, 2.75) is 26.6 Å². The normalized spacial score (nSPS) is 11.0. The summed E-state index contributed by atoms with van der Waals surface area (Å²) in [4.78, 5) is 11.3. The molecule has 0 aliphatic heterocycles. The van der Waals surface area contributed by atoms with E-state index in [0.717, 1.165) is 0 Å². The summed E-state index contributed by atoms with van der Waals surface area (Å²) in [6.07, 6.45) is 0. The van der Waals surface area contributed by atoms with Crippen LogP contribution < -0.4 is 9.92 Å². The molecule has 0 N–H and O–H groups in total. The minimum atomic E-state index is -1.28. The first-order valence-electron chi connectivity index (χ1n) is 5.29. The van der Waals surface area contributed by atoms with Crippen molar-refractivity contribution in [1.29, 1.82) is 0 Å². The maximum Gasteiger partial charge on any atom is 0.338 e. The third-order valence-electron chi connectivity index (χ3n) is 2.28. The highest BCUT2D eigenvalue weighted by molar-refractivity contribution is 6.88. The molecule has 0 spiro atoms. The average molecular weight is 234 g/mol. The van der Waals surface area contributed by atoms with Crippen LogP contribution in [-0.2, 0) is 4.79 Å². The van der Waals surface area contributed by atoms with Crippen molar-refractivity contribution in [3.05, 3.63) is 36.4 Å². The molecular formula is C13H18O2Si. The Bertz CT molecular complexity index is 399. The van der Waals surface area contributed by atoms with E-state index in [1.165, 1.54) is 5.19 Å². The number of benzene rings is 1. The highest BCUT2D eigenvalue weighted by Gasteiger charge is 2.16. The highest BCUT2D eigenvalue weighted by atomic mass is 28.3. The van der Waals surface area contributed by atoms with E-state index < -0.39 is 8.07 Å². The topological polar surface area (TPSA) is 26.3 Å². The molecule has 0 radical (unpaired) electrons. The first-order valence-corrected chi connectivity index (χ1v) is 8.79. The lowest BCUT2D eigenvalue weighted by atomic mass is 10.3. The molecule has 0 fully saturated rings. The molecule has 16 heavy (non-hydrogen) atoms. The number of rotatable bonds is 3. The zero-order valence-corrected chi connectivity index (χ0v) is 11.3. The number of carbonyl (C=O) groups excluding carboxylic acids is 1. The Labute approximate surface area is 98.0 Å². The van der Waals surface area contributed by atoms with Crippen LogP contribution in [0.15, 0.2) is 36.4 Å². The first kappa shape index (κ1) is 12.7. The molecule has 0 heterocycles. The van der Waals surface area contributed by atoms with Crippen LogP contribution in [0.5, 0.6) is 5.75 Å². The van der Waals surface area contributed by atoms with Crippen LogP contribution in [0, 0.1) is 0 Å². The van der Waals surface area contributed by atoms with Gasteiger partial charge in [0.05, 0.1) is 8.07 Å². The lowest BCUT2D eigenvalue weighted by Crippen LogP contribution is -2.37. The Kier molecular flexibility index (Phi) is 3.70. The molecule has 0 bridgehead atoms. The predicted molar refractivity (Wildman–Crippen MR) is 69.9 cm³/mol. The summed E-state index contributed by atoms with van der Waals surface area (Å²) >= 11 is 0. The smallest absolute Gasteiger partial charge is 0.338 e. The fraction of sp³-hybridized carbons (Fsp3) is 0.308. The van der Waals surface area contributed by atoms with E-state index in [9.17, 15) is 4.79 Å². The zero-order valence-electron chi connectivity index (χ0n) is 10.3. The Hall–Kier alpha value is -1.35. The molecule has 3 heteroatoms. The predicted octanol–water partition coefficient (Wildman–Crippen LogP) is 2.71. The Balaban J connectivity index is 2.80. The molecule has 0 aliphatic carbocycles. The molecule has 0 aliphatic rings. The molecule has 0 saturated carbocycles. The Morgan fingerprint density at radius 2 is 1.69 bits per heavy atom. The monoisotopic (exact) mass is 234 g/mol. The largest absolute Gasteiger partial charge is 0.423 e. The van der Waals surface area contributed by atoms with Gasteiger partial charge in [0.25, 0.3) is 0 Å². The van der Waals surface area contributed by atoms with Crippen LogP contribution in [0.2, 0.25) is 19.6 Å². The summed E-state index contributed by atoms with van der Waals surface area (Å²) in [6, 6.07) is 7.75. The van der Waals surface area contributed by atoms with Crippen LogP contribution in [0.3, 0.4) is 0 Å². The standard InChI is InChI=1S/C13H18O2Si/c1-10(2)13(14)15-11-6-8-12(9-7-11)16(3,4)5/h6-9H,1H2,2-5H3. The van der Waals surface area contributed by atoms with E-state index >= 15 is 0 Å². The molecule has 1 aromatic rings. The number of hydrogen-bond acceptors (Lipinski definition) is 2. The third-order valence-corrected chi connectivity index (χ3v) is 4.34. The molecule has 0 saturated heterocycles. The van der Waals surface area contributed by atoms with Gasteiger partial charge in [-0.2, -0.15) is 0 Å². The van der Waals surface area contributed by atoms with Gasteiger partial charge in [-0.25, -0.2) is 4.79 Å². The van der Waals surface area contributed by atoms with Crippen LogP contribution >= 0.6 is 0 Å². The second-order valence-electron chi connectivity index (χ2n) is 4.94. The Morgan fingerprint density at radius 1 is 1.19 bits per heavy atom. The van der Waals surface area contributed by atoms with Crippen molar-refractivity contribution >= 4 is 19.2 Å². The van der Waals surface area contributed by atoms with Crippen molar-refractivity contribution in [2.24, 2.45) is 0 Å². The SMILES string of the molecule is C=C(C)C(=O)Oc1ccc([Si](C)(C)C)cc1. The first-order chi connectivity index (χ1) is 7.30. The van der Waals surface area contributed by atoms with Crippen LogP contribution in [0.25, 0.3) is 0 Å². The van der Waals surface area contributed by atoms with Crippen molar-refractivity contribution in [2.75, 3.05) is 0 Å². The second-order valence-corrected chi connectivity index (χ2v) is 10.0. The fourth-order valence-corrected chi connectivity index (χ4v) is 2.38. The number of carbonyl (C=O) groups is 1. The van der Waals surface area contributed by atoms with Gasteiger partial charge in [0, 0.05) is 5.57 Å². The lowest BCUT2D eigenvalue weighted by molar-refractivity contribution is -0.130. The van der Waals surface area contributed by atoms with Gasteiger partial charge in [0.1, 0.15) is 5.75 Å². The van der Waals surface area contributed by atoms with Crippen molar-refractivity contribution < 1.29 is 9.53 Å². The lowest BCUT2D eigenvalue weighted by Gasteiger charge is -2.16. The van der Waals surface area contributed by atoms with E-state index in [1.807, 2.05) is 24.3 Å². The van der Waals surface area contributed by atoms with Gasteiger partial charge in [0.15, 0.2) is 0 Å². The van der Waals surface area contributed by atoms with Crippen LogP contribution in [0.4, 0.5) is 0 Å². The van der Waals surface area contributed by atoms with Crippen molar-refractivity contribution in [3.63, 3.8) is 0 Å². The van der Waals surface area contributed by atoms with Gasteiger partial charge in [0.2, 0.25) is 0 Å². The van der Waals surface area contributed by atoms with E-state index in [2.05, 4.69) is 26.2 Å². The molecule has 1 rings (SSSR count). The highest BCUT2D eigenvalue weighted by Crippen LogP contribution is 2.12. The average Bonchev–Trinajstić information content (AvgIpc) is 2.17. The molecule has 2 nitrogen and oxygen atoms in total. The minimum absolute atomic E-state index is 0.374. The van der Waals surface area contributed by atoms with Gasteiger partial charge < -0.3 is 4.74 Å². The van der Waals surface area contributed by atoms with Gasteiger partial charge in [-0.15, -0.1) is 0 Å². The molecular weight excluding hydrogens is 216 g/mol. The molecule has 86 valence electrons. The number of hydrogen-bond donors (Lipinski definition) is 0. The fourth-order valence-electron chi connectivity index (χ4n) is 1.22. The van der Waals surface area contributed by atoms with Gasteiger partial charge in [-0.05, 0) is 19.1 Å². The Morgan fingerprint density at radius 3 is 2.06 bits per heavy atom. The summed E-state index contributed by atoms with van der Waals surface area (Å²) in [5.74, 6) is 0.204. The summed E-state index contributed by atoms with van der Waals surface area (Å²) in [7, 11) is -1.28. The van der Waals surface area contributed by atoms with Crippen molar-refractivity contribution in [3.8, 4) is 5.75 Å². The summed E-state index contributed by atoms with van der Waals surface area (Å²) in [6.45, 7) is 12.0. The van der Waals surface area contributed by atoms with E-state index in [4.69, 9.17) is 4.74 Å². The second kappa shape index (κ2) is 4.66. The van der Waals surface area contributed by atoms with Gasteiger partial charge in [-0.1, -0.05) is 43.5 Å². The third kappa shape index (κ3) is 3.34. The number of ether oxygens (including phenoxy) is 1. The van der Waals surface area contributed by atoms with E-state index in [1.54, 1.807) is 6.92 Å². The maximum atomic E-state index is 11.3. The quantitative estimate of drug-likeness (QED) is 0.348. The van der Waals surface area contributed by atoms with E-state index in [0.29, 0.717) is 11.3 Å². The summed E-state index contributed by atoms with van der Waals surface area (Å²) < 4.78 is 5.12. The molecule has 0 amide bonds. The molecule has 0 aromatic heterocycles. The molecule has 0 atom stereocenters. The van der Waals surface area contributed by atoms with Gasteiger partial charge >= 0.3 is 5.97 Å². The molecule has 0 unspecified atom stereocenters. The minimum Gasteiger partial charge on any atom is -0.423 e. The maximum absolute atomic E-state index is 11.3. The zero-order chi connectivity index (χ0) is 12.3. The van der Waals surface area contributed by atoms with Crippen LogP contribution in [0.1, 0.15) is 6.92 Å².